The number of hydrogen-bond donors (Lipinski definition) is 0. The number of likely N-dealkylation sites (tertiary alicyclic amines) is 1. The van der Waals surface area contributed by atoms with E-state index in [-0.39, 0.29) is 17.8 Å². The van der Waals surface area contributed by atoms with E-state index >= 15 is 0 Å². The molecule has 6 nitrogen and oxygen atoms in total. The van der Waals surface area contributed by atoms with Crippen LogP contribution in [-0.2, 0) is 11.3 Å². The summed E-state index contributed by atoms with van der Waals surface area (Å²) in [5, 5.41) is 4.12. The summed E-state index contributed by atoms with van der Waals surface area (Å²) >= 11 is 0. The van der Waals surface area contributed by atoms with Crippen LogP contribution < -0.4 is 0 Å². The second-order valence-electron chi connectivity index (χ2n) is 6.31. The van der Waals surface area contributed by atoms with Gasteiger partial charge in [-0.05, 0) is 40.2 Å². The molecule has 0 bridgehead atoms. The standard InChI is InChI=1S/C15H23N3O3/c1-5-18-12(6-8-16-18)13(19)11-7-9-17(10-11)14(20)21-15(2,3)4/h6,8,11H,5,7,9-10H2,1-4H3. The average Bonchev–Trinajstić information content (AvgIpc) is 3.05. The predicted molar refractivity (Wildman–Crippen MR) is 78.1 cm³/mol. The fraction of sp³-hybridized carbons (Fsp3) is 0.667. The third-order valence-corrected chi connectivity index (χ3v) is 3.48. The molecule has 1 aromatic heterocycles. The lowest BCUT2D eigenvalue weighted by Gasteiger charge is -2.24. The van der Waals surface area contributed by atoms with E-state index in [2.05, 4.69) is 5.10 Å². The van der Waals surface area contributed by atoms with E-state index in [9.17, 15) is 9.59 Å². The summed E-state index contributed by atoms with van der Waals surface area (Å²) in [4.78, 5) is 26.1. The van der Waals surface area contributed by atoms with Crippen molar-refractivity contribution in [2.75, 3.05) is 13.1 Å². The summed E-state index contributed by atoms with van der Waals surface area (Å²) in [5.74, 6) is -0.111. The van der Waals surface area contributed by atoms with Gasteiger partial charge in [-0.15, -0.1) is 0 Å². The van der Waals surface area contributed by atoms with Gasteiger partial charge in [-0.25, -0.2) is 4.79 Å². The molecule has 1 aliphatic heterocycles. The zero-order valence-corrected chi connectivity index (χ0v) is 13.1. The maximum absolute atomic E-state index is 12.5. The SMILES string of the molecule is CCn1nccc1C(=O)C1CCN(C(=O)OC(C)(C)C)C1. The molecule has 1 atom stereocenters. The highest BCUT2D eigenvalue weighted by Gasteiger charge is 2.34. The number of amides is 1. The highest BCUT2D eigenvalue weighted by Crippen LogP contribution is 2.22. The number of ketones is 1. The minimum atomic E-state index is -0.514. The zero-order valence-electron chi connectivity index (χ0n) is 13.1. The summed E-state index contributed by atoms with van der Waals surface area (Å²) in [7, 11) is 0. The lowest BCUT2D eigenvalue weighted by Crippen LogP contribution is -2.36. The maximum Gasteiger partial charge on any atom is 0.410 e. The molecule has 116 valence electrons. The Morgan fingerprint density at radius 2 is 2.14 bits per heavy atom. The smallest absolute Gasteiger partial charge is 0.410 e. The van der Waals surface area contributed by atoms with Crippen LogP contribution in [0.5, 0.6) is 0 Å². The van der Waals surface area contributed by atoms with Crippen LogP contribution in [0.3, 0.4) is 0 Å². The van der Waals surface area contributed by atoms with E-state index in [0.29, 0.717) is 31.7 Å². The van der Waals surface area contributed by atoms with Crippen LogP contribution >= 0.6 is 0 Å². The van der Waals surface area contributed by atoms with Gasteiger partial charge in [0, 0.05) is 31.7 Å². The quantitative estimate of drug-likeness (QED) is 0.802. The van der Waals surface area contributed by atoms with Gasteiger partial charge in [0.2, 0.25) is 0 Å². The molecular formula is C15H23N3O3. The molecule has 2 rings (SSSR count). The Morgan fingerprint density at radius 1 is 1.43 bits per heavy atom. The number of hydrogen-bond acceptors (Lipinski definition) is 4. The van der Waals surface area contributed by atoms with Crippen molar-refractivity contribution in [3.8, 4) is 0 Å². The highest BCUT2D eigenvalue weighted by molar-refractivity contribution is 5.97. The Hall–Kier alpha value is -1.85. The summed E-state index contributed by atoms with van der Waals surface area (Å²) in [6.07, 6.45) is 1.96. The number of aromatic nitrogens is 2. The zero-order chi connectivity index (χ0) is 15.6. The van der Waals surface area contributed by atoms with Crippen LogP contribution in [0.2, 0.25) is 0 Å². The highest BCUT2D eigenvalue weighted by atomic mass is 16.6. The van der Waals surface area contributed by atoms with Gasteiger partial charge in [0.05, 0.1) is 0 Å². The Balaban J connectivity index is 1.99. The molecule has 0 aromatic carbocycles. The third-order valence-electron chi connectivity index (χ3n) is 3.48. The summed E-state index contributed by atoms with van der Waals surface area (Å²) in [6, 6.07) is 1.74. The fourth-order valence-corrected chi connectivity index (χ4v) is 2.47. The summed E-state index contributed by atoms with van der Waals surface area (Å²) in [6.45, 7) is 9.10. The van der Waals surface area contributed by atoms with Crippen LogP contribution in [0.15, 0.2) is 12.3 Å². The van der Waals surface area contributed by atoms with Crippen molar-refractivity contribution in [1.29, 1.82) is 0 Å². The van der Waals surface area contributed by atoms with Crippen molar-refractivity contribution in [1.82, 2.24) is 14.7 Å². The second kappa shape index (κ2) is 5.87. The molecule has 1 fully saturated rings. The van der Waals surface area contributed by atoms with Gasteiger partial charge in [-0.3, -0.25) is 9.48 Å². The molecular weight excluding hydrogens is 270 g/mol. The van der Waals surface area contributed by atoms with Gasteiger partial charge in [-0.1, -0.05) is 0 Å². The van der Waals surface area contributed by atoms with Crippen molar-refractivity contribution in [2.45, 2.75) is 46.3 Å². The number of Topliss-reactive ketones (excluding diaryl/α,β-unsaturated/α-hetero) is 1. The number of ether oxygens (including phenoxy) is 1. The Labute approximate surface area is 125 Å². The number of carbonyl (C=O) groups is 2. The Kier molecular flexibility index (Phi) is 4.34. The number of aryl methyl sites for hydroxylation is 1. The molecule has 1 unspecified atom stereocenters. The molecule has 0 spiro atoms. The van der Waals surface area contributed by atoms with E-state index < -0.39 is 5.60 Å². The molecule has 0 radical (unpaired) electrons. The third kappa shape index (κ3) is 3.62. The lowest BCUT2D eigenvalue weighted by molar-refractivity contribution is 0.0289. The van der Waals surface area contributed by atoms with Crippen LogP contribution in [-0.4, -0.2) is 45.2 Å². The van der Waals surface area contributed by atoms with E-state index in [1.807, 2.05) is 27.7 Å². The van der Waals surface area contributed by atoms with Crippen molar-refractivity contribution in [3.05, 3.63) is 18.0 Å². The van der Waals surface area contributed by atoms with Crippen molar-refractivity contribution in [3.63, 3.8) is 0 Å². The molecule has 6 heteroatoms. The van der Waals surface area contributed by atoms with E-state index in [1.54, 1.807) is 21.8 Å². The van der Waals surface area contributed by atoms with Crippen LogP contribution in [0.1, 0.15) is 44.6 Å². The van der Waals surface area contributed by atoms with Crippen molar-refractivity contribution < 1.29 is 14.3 Å². The van der Waals surface area contributed by atoms with Crippen LogP contribution in [0.4, 0.5) is 4.79 Å². The maximum atomic E-state index is 12.5. The van der Waals surface area contributed by atoms with Gasteiger partial charge in [-0.2, -0.15) is 5.10 Å². The molecule has 1 aliphatic rings. The topological polar surface area (TPSA) is 64.4 Å². The first-order valence-electron chi connectivity index (χ1n) is 7.35. The van der Waals surface area contributed by atoms with E-state index in [0.717, 1.165) is 0 Å². The molecule has 1 saturated heterocycles. The van der Waals surface area contributed by atoms with Gasteiger partial charge in [0.25, 0.3) is 0 Å². The van der Waals surface area contributed by atoms with Crippen molar-refractivity contribution in [2.24, 2.45) is 5.92 Å². The first-order valence-corrected chi connectivity index (χ1v) is 7.35. The van der Waals surface area contributed by atoms with Gasteiger partial charge in [0.1, 0.15) is 11.3 Å². The first kappa shape index (κ1) is 15.5. The van der Waals surface area contributed by atoms with Gasteiger partial charge < -0.3 is 9.64 Å². The normalized spacial score (nSPS) is 18.9. The van der Waals surface area contributed by atoms with E-state index in [4.69, 9.17) is 4.74 Å². The molecule has 2 heterocycles. The van der Waals surface area contributed by atoms with Crippen molar-refractivity contribution >= 4 is 11.9 Å². The van der Waals surface area contributed by atoms with E-state index in [1.165, 1.54) is 0 Å². The molecule has 0 aliphatic carbocycles. The number of nitrogens with zero attached hydrogens (tertiary/aromatic N) is 3. The largest absolute Gasteiger partial charge is 0.444 e. The minimum absolute atomic E-state index is 0.0559. The predicted octanol–water partition coefficient (Wildman–Crippen LogP) is 2.34. The number of carbonyl (C=O) groups excluding carboxylic acids is 2. The molecule has 0 N–H and O–H groups in total. The van der Waals surface area contributed by atoms with Gasteiger partial charge in [0.15, 0.2) is 5.78 Å². The minimum Gasteiger partial charge on any atom is -0.444 e. The Morgan fingerprint density at radius 3 is 2.76 bits per heavy atom. The fourth-order valence-electron chi connectivity index (χ4n) is 2.47. The monoisotopic (exact) mass is 293 g/mol. The summed E-state index contributed by atoms with van der Waals surface area (Å²) < 4.78 is 7.04. The molecule has 21 heavy (non-hydrogen) atoms. The van der Waals surface area contributed by atoms with Crippen LogP contribution in [0, 0.1) is 5.92 Å². The first-order chi connectivity index (χ1) is 9.81. The van der Waals surface area contributed by atoms with Gasteiger partial charge >= 0.3 is 6.09 Å². The lowest BCUT2D eigenvalue weighted by atomic mass is 10.0. The van der Waals surface area contributed by atoms with Crippen LogP contribution in [0.25, 0.3) is 0 Å². The molecule has 1 aromatic rings. The summed E-state index contributed by atoms with van der Waals surface area (Å²) in [5.41, 5.74) is 0.105. The number of rotatable bonds is 3. The molecule has 0 saturated carbocycles. The molecule has 1 amide bonds. The second-order valence-corrected chi connectivity index (χ2v) is 6.31. The Bertz CT molecular complexity index is 531. The average molecular weight is 293 g/mol.